The van der Waals surface area contributed by atoms with Gasteiger partial charge in [0.15, 0.2) is 12.5 Å². The third-order valence-corrected chi connectivity index (χ3v) is 2.91. The number of aromatic nitrogens is 2. The molecule has 0 aliphatic carbocycles. The van der Waals surface area contributed by atoms with Crippen LogP contribution in [-0.4, -0.2) is 44.8 Å². The van der Waals surface area contributed by atoms with E-state index in [9.17, 15) is 4.79 Å². The number of hydrazone groups is 1. The molecule has 2 rings (SSSR count). The Labute approximate surface area is 110 Å². The van der Waals surface area contributed by atoms with Gasteiger partial charge in [-0.15, -0.1) is 0 Å². The van der Waals surface area contributed by atoms with Crippen molar-refractivity contribution in [3.05, 3.63) is 17.7 Å². The molecule has 0 spiro atoms. The summed E-state index contributed by atoms with van der Waals surface area (Å²) in [4.78, 5) is 23.7. The number of aryl methyl sites for hydroxylation is 1. The van der Waals surface area contributed by atoms with Crippen molar-refractivity contribution >= 4 is 12.0 Å². The zero-order valence-corrected chi connectivity index (χ0v) is 10.7. The van der Waals surface area contributed by atoms with Gasteiger partial charge in [-0.1, -0.05) is 12.0 Å². The lowest BCUT2D eigenvalue weighted by Crippen LogP contribution is -2.60. The summed E-state index contributed by atoms with van der Waals surface area (Å²) >= 11 is 0. The summed E-state index contributed by atoms with van der Waals surface area (Å²) in [6.45, 7) is 4.38. The Bertz CT molecular complexity index is 531. The fourth-order valence-electron chi connectivity index (χ4n) is 2.01. The molecular weight excluding hydrogens is 248 g/mol. The Hall–Kier alpha value is -2.22. The van der Waals surface area contributed by atoms with Crippen molar-refractivity contribution in [3.8, 4) is 0 Å². The first kappa shape index (κ1) is 13.2. The van der Waals surface area contributed by atoms with Crippen molar-refractivity contribution in [3.63, 3.8) is 0 Å². The Kier molecular flexibility index (Phi) is 3.61. The lowest BCUT2D eigenvalue weighted by atomic mass is 10.3. The van der Waals surface area contributed by atoms with Crippen LogP contribution in [0.4, 0.5) is 0 Å². The van der Waals surface area contributed by atoms with Crippen LogP contribution in [0, 0.1) is 6.92 Å². The van der Waals surface area contributed by atoms with E-state index in [0.29, 0.717) is 6.54 Å². The Balaban J connectivity index is 2.41. The smallest absolute Gasteiger partial charge is 0.258 e. The van der Waals surface area contributed by atoms with Gasteiger partial charge in [0.2, 0.25) is 5.96 Å². The van der Waals surface area contributed by atoms with Crippen LogP contribution >= 0.6 is 0 Å². The van der Waals surface area contributed by atoms with Gasteiger partial charge in [0, 0.05) is 6.54 Å². The van der Waals surface area contributed by atoms with Crippen LogP contribution in [0.1, 0.15) is 24.6 Å². The molecule has 0 saturated carbocycles. The number of guanidine groups is 1. The van der Waals surface area contributed by atoms with Crippen LogP contribution in [0.25, 0.3) is 0 Å². The van der Waals surface area contributed by atoms with Crippen molar-refractivity contribution in [2.75, 3.05) is 6.54 Å². The van der Waals surface area contributed by atoms with Crippen molar-refractivity contribution in [2.24, 2.45) is 21.6 Å². The van der Waals surface area contributed by atoms with Crippen LogP contribution in [-0.2, 0) is 4.79 Å². The number of nitrogens with zero attached hydrogens (tertiary/aromatic N) is 5. The average molecular weight is 264 g/mol. The Morgan fingerprint density at radius 3 is 2.89 bits per heavy atom. The minimum atomic E-state index is -0.683. The fraction of sp³-hybridized carbons (Fsp3) is 0.500. The monoisotopic (exact) mass is 264 g/mol. The Morgan fingerprint density at radius 1 is 1.63 bits per heavy atom. The molecule has 0 fully saturated rings. The predicted molar refractivity (Wildman–Crippen MR) is 68.0 cm³/mol. The third-order valence-electron chi connectivity index (χ3n) is 2.91. The maximum Gasteiger partial charge on any atom is 0.258 e. The van der Waals surface area contributed by atoms with Gasteiger partial charge in [-0.25, -0.2) is 19.7 Å². The van der Waals surface area contributed by atoms with Crippen LogP contribution < -0.4 is 11.5 Å². The SMILES string of the molecule is CCN1C(c2cnc(C)[nH]2)N=C(N)N(N=C=O)C1N. The van der Waals surface area contributed by atoms with E-state index in [1.54, 1.807) is 6.20 Å². The van der Waals surface area contributed by atoms with Gasteiger partial charge in [-0.05, 0) is 6.92 Å². The summed E-state index contributed by atoms with van der Waals surface area (Å²) in [5, 5.41) is 4.59. The molecule has 19 heavy (non-hydrogen) atoms. The summed E-state index contributed by atoms with van der Waals surface area (Å²) in [6, 6.07) is 0. The second-order valence-corrected chi connectivity index (χ2v) is 4.06. The lowest BCUT2D eigenvalue weighted by molar-refractivity contribution is 0.0424. The molecule has 9 nitrogen and oxygen atoms in total. The molecule has 5 N–H and O–H groups in total. The zero-order valence-electron chi connectivity index (χ0n) is 10.7. The molecule has 1 aliphatic rings. The molecular formula is C10H16N8O. The van der Waals surface area contributed by atoms with E-state index < -0.39 is 6.29 Å². The molecule has 9 heteroatoms. The number of isocyanates is 1. The largest absolute Gasteiger partial charge is 0.368 e. The van der Waals surface area contributed by atoms with Crippen LogP contribution in [0.3, 0.4) is 0 Å². The molecule has 102 valence electrons. The van der Waals surface area contributed by atoms with Gasteiger partial charge in [-0.2, -0.15) is 5.01 Å². The highest BCUT2D eigenvalue weighted by Crippen LogP contribution is 2.26. The average Bonchev–Trinajstić information content (AvgIpc) is 2.80. The molecule has 2 atom stereocenters. The van der Waals surface area contributed by atoms with E-state index in [1.165, 1.54) is 6.08 Å². The molecule has 1 aliphatic heterocycles. The molecule has 0 radical (unpaired) electrons. The van der Waals surface area contributed by atoms with Gasteiger partial charge in [0.05, 0.1) is 11.9 Å². The second kappa shape index (κ2) is 5.19. The molecule has 0 aromatic carbocycles. The van der Waals surface area contributed by atoms with Gasteiger partial charge in [0.25, 0.3) is 6.08 Å². The maximum absolute atomic E-state index is 10.4. The van der Waals surface area contributed by atoms with Crippen LogP contribution in [0.15, 0.2) is 16.3 Å². The molecule has 2 unspecified atom stereocenters. The first-order valence-electron chi connectivity index (χ1n) is 5.81. The molecule has 0 saturated heterocycles. The Morgan fingerprint density at radius 2 is 2.37 bits per heavy atom. The number of rotatable bonds is 3. The van der Waals surface area contributed by atoms with E-state index in [1.807, 2.05) is 18.7 Å². The lowest BCUT2D eigenvalue weighted by Gasteiger charge is -2.40. The number of imidazole rings is 1. The predicted octanol–water partition coefficient (Wildman–Crippen LogP) is -0.838. The van der Waals surface area contributed by atoms with Gasteiger partial charge < -0.3 is 10.7 Å². The summed E-state index contributed by atoms with van der Waals surface area (Å²) in [7, 11) is 0. The fourth-order valence-corrected chi connectivity index (χ4v) is 2.01. The topological polar surface area (TPSA) is 129 Å². The summed E-state index contributed by atoms with van der Waals surface area (Å²) in [5.41, 5.74) is 12.6. The number of hydrogen-bond donors (Lipinski definition) is 3. The quantitative estimate of drug-likeness (QED) is 0.482. The number of carbonyl (C=O) groups excluding carboxylic acids is 1. The summed E-state index contributed by atoms with van der Waals surface area (Å²) in [6.07, 6.45) is 2.04. The van der Waals surface area contributed by atoms with Crippen molar-refractivity contribution < 1.29 is 4.79 Å². The highest BCUT2D eigenvalue weighted by Gasteiger charge is 2.35. The first-order chi connectivity index (χ1) is 9.08. The number of aliphatic imine (C=N–C) groups is 1. The van der Waals surface area contributed by atoms with E-state index in [0.717, 1.165) is 16.5 Å². The second-order valence-electron chi connectivity index (χ2n) is 4.06. The minimum Gasteiger partial charge on any atom is -0.368 e. The standard InChI is InChI=1S/C10H16N8O/c1-3-17-8(7-4-13-6(2)15-7)16-9(11)18(10(17)12)14-5-19/h4,8,10H,3,12H2,1-2H3,(H2,11,16)(H,13,15). The van der Waals surface area contributed by atoms with Crippen molar-refractivity contribution in [1.29, 1.82) is 0 Å². The van der Waals surface area contributed by atoms with E-state index in [4.69, 9.17) is 11.5 Å². The first-order valence-corrected chi connectivity index (χ1v) is 5.81. The van der Waals surface area contributed by atoms with Crippen molar-refractivity contribution in [2.45, 2.75) is 26.3 Å². The number of hydrogen-bond acceptors (Lipinski definition) is 8. The van der Waals surface area contributed by atoms with Gasteiger partial charge in [-0.3, -0.25) is 5.73 Å². The zero-order chi connectivity index (χ0) is 14.0. The normalized spacial score (nSPS) is 23.9. The highest BCUT2D eigenvalue weighted by molar-refractivity contribution is 5.79. The number of aromatic amines is 1. The van der Waals surface area contributed by atoms with E-state index >= 15 is 0 Å². The number of nitrogens with one attached hydrogen (secondary N) is 1. The van der Waals surface area contributed by atoms with Crippen molar-refractivity contribution in [1.82, 2.24) is 19.9 Å². The van der Waals surface area contributed by atoms with Crippen LogP contribution in [0.2, 0.25) is 0 Å². The van der Waals surface area contributed by atoms with E-state index in [2.05, 4.69) is 20.1 Å². The van der Waals surface area contributed by atoms with Gasteiger partial charge >= 0.3 is 0 Å². The van der Waals surface area contributed by atoms with Crippen LogP contribution in [0.5, 0.6) is 0 Å². The number of nitrogens with two attached hydrogens (primary N) is 2. The number of H-pyrrole nitrogens is 1. The third kappa shape index (κ3) is 2.34. The molecule has 0 bridgehead atoms. The molecule has 0 amide bonds. The van der Waals surface area contributed by atoms with E-state index in [-0.39, 0.29) is 12.1 Å². The minimum absolute atomic E-state index is 0.0674. The maximum atomic E-state index is 10.4. The van der Waals surface area contributed by atoms with Gasteiger partial charge in [0.1, 0.15) is 5.82 Å². The summed E-state index contributed by atoms with van der Waals surface area (Å²) in [5.74, 6) is 0.847. The molecule has 1 aromatic rings. The highest BCUT2D eigenvalue weighted by atomic mass is 16.1. The molecule has 2 heterocycles. The molecule has 1 aromatic heterocycles. The summed E-state index contributed by atoms with van der Waals surface area (Å²) < 4.78 is 0.